The van der Waals surface area contributed by atoms with E-state index in [-0.39, 0.29) is 5.91 Å². The summed E-state index contributed by atoms with van der Waals surface area (Å²) in [5.74, 6) is 0.00397. The minimum atomic E-state index is -0.506. The summed E-state index contributed by atoms with van der Waals surface area (Å²) < 4.78 is 0. The number of aliphatic hydroxyl groups excluding tert-OH is 1. The number of amides is 1. The van der Waals surface area contributed by atoms with E-state index in [0.717, 1.165) is 32.1 Å². The van der Waals surface area contributed by atoms with Gasteiger partial charge >= 0.3 is 0 Å². The first-order chi connectivity index (χ1) is 13.4. The van der Waals surface area contributed by atoms with Crippen molar-refractivity contribution in [3.8, 4) is 0 Å². The summed E-state index contributed by atoms with van der Waals surface area (Å²) in [6, 6.07) is 0. The Bertz CT molecular complexity index is 499. The van der Waals surface area contributed by atoms with Crippen LogP contribution in [0.1, 0.15) is 85.5 Å². The summed E-state index contributed by atoms with van der Waals surface area (Å²) in [4.78, 5) is 12.1. The molecule has 3 nitrogen and oxygen atoms in total. The first-order valence-corrected chi connectivity index (χ1v) is 11.0. The van der Waals surface area contributed by atoms with Crippen molar-refractivity contribution in [2.75, 3.05) is 6.54 Å². The Morgan fingerprint density at radius 2 is 1.39 bits per heavy atom. The number of allylic oxidation sites excluding steroid dienone is 8. The Hall–Kier alpha value is -1.61. The third kappa shape index (κ3) is 16.6. The van der Waals surface area contributed by atoms with Crippen LogP contribution in [0.25, 0.3) is 0 Å². The van der Waals surface area contributed by atoms with Crippen molar-refractivity contribution in [1.29, 1.82) is 0 Å². The molecule has 28 heavy (non-hydrogen) atoms. The SMILES string of the molecule is CCCCC/C=C\C/C=C\C/C=C\C/C=C\CCC(C)(C)C(=O)NCC(C)O. The second kappa shape index (κ2) is 17.5. The highest BCUT2D eigenvalue weighted by Gasteiger charge is 2.26. The van der Waals surface area contributed by atoms with Crippen molar-refractivity contribution in [1.82, 2.24) is 5.32 Å². The van der Waals surface area contributed by atoms with Crippen LogP contribution in [-0.4, -0.2) is 23.7 Å². The van der Waals surface area contributed by atoms with E-state index < -0.39 is 11.5 Å². The Balaban J connectivity index is 3.77. The standard InChI is InChI=1S/C25H43NO2/c1-5-6-7-8-9-10-11-12-13-14-15-16-17-18-19-20-21-25(3,4)24(28)26-22-23(2)27/h9-10,12-13,15-16,18-19,23,27H,5-8,11,14,17,20-22H2,1-4H3,(H,26,28)/b10-9-,13-12-,16-15-,19-18-. The molecular weight excluding hydrogens is 346 g/mol. The summed E-state index contributed by atoms with van der Waals surface area (Å²) in [5.41, 5.74) is -0.412. The van der Waals surface area contributed by atoms with Crippen molar-refractivity contribution in [2.24, 2.45) is 5.41 Å². The molecule has 0 heterocycles. The molecule has 160 valence electrons. The smallest absolute Gasteiger partial charge is 0.225 e. The fourth-order valence-corrected chi connectivity index (χ4v) is 2.60. The second-order valence-electron chi connectivity index (χ2n) is 8.07. The van der Waals surface area contributed by atoms with E-state index in [4.69, 9.17) is 0 Å². The first-order valence-electron chi connectivity index (χ1n) is 11.0. The van der Waals surface area contributed by atoms with Crippen LogP contribution in [0.15, 0.2) is 48.6 Å². The molecule has 0 fully saturated rings. The largest absolute Gasteiger partial charge is 0.392 e. The van der Waals surface area contributed by atoms with E-state index in [1.165, 1.54) is 25.7 Å². The van der Waals surface area contributed by atoms with Crippen molar-refractivity contribution in [3.63, 3.8) is 0 Å². The zero-order valence-electron chi connectivity index (χ0n) is 18.6. The Labute approximate surface area is 173 Å². The van der Waals surface area contributed by atoms with Gasteiger partial charge in [-0.2, -0.15) is 0 Å². The van der Waals surface area contributed by atoms with Crippen molar-refractivity contribution >= 4 is 5.91 Å². The van der Waals surface area contributed by atoms with Crippen LogP contribution >= 0.6 is 0 Å². The van der Waals surface area contributed by atoms with E-state index in [1.54, 1.807) is 6.92 Å². The van der Waals surface area contributed by atoms with Gasteiger partial charge < -0.3 is 10.4 Å². The highest BCUT2D eigenvalue weighted by atomic mass is 16.3. The quantitative estimate of drug-likeness (QED) is 0.241. The highest BCUT2D eigenvalue weighted by molar-refractivity contribution is 5.81. The third-order valence-electron chi connectivity index (χ3n) is 4.57. The van der Waals surface area contributed by atoms with E-state index in [9.17, 15) is 9.90 Å². The fraction of sp³-hybridized carbons (Fsp3) is 0.640. The summed E-state index contributed by atoms with van der Waals surface area (Å²) in [6.07, 6.45) is 26.9. The van der Waals surface area contributed by atoms with Crippen molar-refractivity contribution < 1.29 is 9.90 Å². The first kappa shape index (κ1) is 26.4. The molecule has 0 saturated carbocycles. The number of rotatable bonds is 16. The zero-order chi connectivity index (χ0) is 21.1. The minimum Gasteiger partial charge on any atom is -0.392 e. The van der Waals surface area contributed by atoms with Crippen LogP contribution in [0.3, 0.4) is 0 Å². The predicted molar refractivity (Wildman–Crippen MR) is 122 cm³/mol. The maximum atomic E-state index is 12.1. The van der Waals surface area contributed by atoms with Gasteiger partial charge in [-0.3, -0.25) is 4.79 Å². The van der Waals surface area contributed by atoms with E-state index in [0.29, 0.717) is 6.54 Å². The van der Waals surface area contributed by atoms with Crippen LogP contribution in [0.5, 0.6) is 0 Å². The highest BCUT2D eigenvalue weighted by Crippen LogP contribution is 2.22. The number of unbranched alkanes of at least 4 members (excludes halogenated alkanes) is 3. The molecule has 0 aromatic rings. The van der Waals surface area contributed by atoms with Gasteiger partial charge in [0.05, 0.1) is 6.10 Å². The minimum absolute atomic E-state index is 0.00397. The molecule has 3 heteroatoms. The normalized spacial score (nSPS) is 14.0. The van der Waals surface area contributed by atoms with Crippen LogP contribution < -0.4 is 5.32 Å². The molecule has 0 spiro atoms. The molecular formula is C25H43NO2. The number of hydrogen-bond donors (Lipinski definition) is 2. The Morgan fingerprint density at radius 1 is 0.893 bits per heavy atom. The molecule has 0 saturated heterocycles. The molecule has 1 unspecified atom stereocenters. The number of hydrogen-bond acceptors (Lipinski definition) is 2. The lowest BCUT2D eigenvalue weighted by Crippen LogP contribution is -2.40. The lowest BCUT2D eigenvalue weighted by Gasteiger charge is -2.23. The molecule has 0 aliphatic rings. The summed E-state index contributed by atoms with van der Waals surface area (Å²) in [7, 11) is 0. The van der Waals surface area contributed by atoms with Crippen LogP contribution in [-0.2, 0) is 4.79 Å². The average molecular weight is 390 g/mol. The zero-order valence-corrected chi connectivity index (χ0v) is 18.6. The van der Waals surface area contributed by atoms with Gasteiger partial charge in [0.15, 0.2) is 0 Å². The van der Waals surface area contributed by atoms with Crippen molar-refractivity contribution in [2.45, 2.75) is 91.6 Å². The van der Waals surface area contributed by atoms with Crippen molar-refractivity contribution in [3.05, 3.63) is 48.6 Å². The molecule has 0 rings (SSSR count). The van der Waals surface area contributed by atoms with Crippen LogP contribution in [0.2, 0.25) is 0 Å². The van der Waals surface area contributed by atoms with Gasteiger partial charge in [0.1, 0.15) is 0 Å². The monoisotopic (exact) mass is 389 g/mol. The maximum Gasteiger partial charge on any atom is 0.225 e. The lowest BCUT2D eigenvalue weighted by molar-refractivity contribution is -0.130. The topological polar surface area (TPSA) is 49.3 Å². The number of carbonyl (C=O) groups is 1. The summed E-state index contributed by atoms with van der Waals surface area (Å²) in [5, 5.41) is 12.0. The number of aliphatic hydroxyl groups is 1. The molecule has 1 amide bonds. The van der Waals surface area contributed by atoms with Gasteiger partial charge in [0.25, 0.3) is 0 Å². The lowest BCUT2D eigenvalue weighted by atomic mass is 9.86. The van der Waals surface area contributed by atoms with Gasteiger partial charge in [-0.15, -0.1) is 0 Å². The summed E-state index contributed by atoms with van der Waals surface area (Å²) >= 11 is 0. The van der Waals surface area contributed by atoms with Gasteiger partial charge in [-0.05, 0) is 51.9 Å². The summed E-state index contributed by atoms with van der Waals surface area (Å²) in [6.45, 7) is 8.12. The van der Waals surface area contributed by atoms with Gasteiger partial charge in [-0.25, -0.2) is 0 Å². The Morgan fingerprint density at radius 3 is 1.89 bits per heavy atom. The molecule has 2 N–H and O–H groups in total. The van der Waals surface area contributed by atoms with Gasteiger partial charge in [0, 0.05) is 12.0 Å². The molecule has 1 atom stereocenters. The average Bonchev–Trinajstić information content (AvgIpc) is 2.65. The van der Waals surface area contributed by atoms with Gasteiger partial charge in [-0.1, -0.05) is 82.2 Å². The van der Waals surface area contributed by atoms with Crippen LogP contribution in [0.4, 0.5) is 0 Å². The third-order valence-corrected chi connectivity index (χ3v) is 4.57. The maximum absolute atomic E-state index is 12.1. The van der Waals surface area contributed by atoms with E-state index in [1.807, 2.05) is 13.8 Å². The van der Waals surface area contributed by atoms with Crippen LogP contribution in [0, 0.1) is 5.41 Å². The molecule has 0 bridgehead atoms. The van der Waals surface area contributed by atoms with E-state index >= 15 is 0 Å². The second-order valence-corrected chi connectivity index (χ2v) is 8.07. The number of nitrogens with one attached hydrogen (secondary N) is 1. The number of carbonyl (C=O) groups excluding carboxylic acids is 1. The molecule has 0 aromatic heterocycles. The molecule has 0 radical (unpaired) electrons. The van der Waals surface area contributed by atoms with E-state index in [2.05, 4.69) is 60.8 Å². The molecule has 0 aliphatic carbocycles. The van der Waals surface area contributed by atoms with Gasteiger partial charge in [0.2, 0.25) is 5.91 Å². The molecule has 0 aliphatic heterocycles. The predicted octanol–water partition coefficient (Wildman–Crippen LogP) is 6.27. The molecule has 0 aromatic carbocycles. The fourth-order valence-electron chi connectivity index (χ4n) is 2.60. The Kier molecular flexibility index (Phi) is 16.5.